The van der Waals surface area contributed by atoms with Gasteiger partial charge in [0.2, 0.25) is 0 Å². The van der Waals surface area contributed by atoms with E-state index in [0.717, 1.165) is 18.8 Å². The van der Waals surface area contributed by atoms with Crippen molar-refractivity contribution in [2.24, 2.45) is 0 Å². The van der Waals surface area contributed by atoms with Crippen LogP contribution in [0.5, 0.6) is 11.5 Å². The number of benzene rings is 2. The fourth-order valence-electron chi connectivity index (χ4n) is 3.15. The highest BCUT2D eigenvalue weighted by molar-refractivity contribution is 6.42. The zero-order valence-corrected chi connectivity index (χ0v) is 17.2. The molecule has 2 N–H and O–H groups in total. The minimum Gasteiger partial charge on any atom is -0.504 e. The first-order valence-corrected chi connectivity index (χ1v) is 9.88. The predicted molar refractivity (Wildman–Crippen MR) is 114 cm³/mol. The lowest BCUT2D eigenvalue weighted by atomic mass is 10.2. The number of morpholine rings is 1. The van der Waals surface area contributed by atoms with Crippen LogP contribution in [0.4, 0.5) is 11.5 Å². The smallest absolute Gasteiger partial charge is 0.163 e. The Labute approximate surface area is 178 Å². The van der Waals surface area contributed by atoms with Crippen LogP contribution in [0.1, 0.15) is 0 Å². The molecule has 0 bridgehead atoms. The highest BCUT2D eigenvalue weighted by Crippen LogP contribution is 2.35. The van der Waals surface area contributed by atoms with E-state index in [2.05, 4.69) is 20.2 Å². The van der Waals surface area contributed by atoms with Gasteiger partial charge in [0, 0.05) is 30.2 Å². The molecular weight excluding hydrogens is 415 g/mol. The number of halogens is 2. The summed E-state index contributed by atoms with van der Waals surface area (Å²) in [5.74, 6) is 0.898. The average molecular weight is 435 g/mol. The van der Waals surface area contributed by atoms with Crippen molar-refractivity contribution in [1.82, 2.24) is 14.9 Å². The summed E-state index contributed by atoms with van der Waals surface area (Å²) in [5.41, 5.74) is 1.36. The van der Waals surface area contributed by atoms with Crippen molar-refractivity contribution in [3.05, 3.63) is 46.7 Å². The summed E-state index contributed by atoms with van der Waals surface area (Å²) in [6, 6.07) is 8.47. The number of nitrogens with one attached hydrogen (secondary N) is 1. The standard InChI is InChI=1S/C20H20Cl2N4O3/c1-26-4-5-28-13(9-26)10-29-19-8-17-14(7-18(19)27)20(24-11-23-17)25-12-2-3-15(21)16(22)6-12/h2-3,6-8,11,13,27H,4-5,9-10H2,1H3,(H,23,24,25). The number of fused-ring (bicyclic) bond motifs is 1. The van der Waals surface area contributed by atoms with E-state index in [4.69, 9.17) is 32.7 Å². The van der Waals surface area contributed by atoms with E-state index in [0.29, 0.717) is 45.7 Å². The third-order valence-corrected chi connectivity index (χ3v) is 5.40. The van der Waals surface area contributed by atoms with Crippen LogP contribution in [0, 0.1) is 0 Å². The number of nitrogens with zero attached hydrogens (tertiary/aromatic N) is 3. The first-order valence-electron chi connectivity index (χ1n) is 9.12. The molecule has 3 aromatic rings. The number of likely N-dealkylation sites (N-methyl/N-ethyl adjacent to an activating group) is 1. The normalized spacial score (nSPS) is 17.4. The molecule has 9 heteroatoms. The highest BCUT2D eigenvalue weighted by Gasteiger charge is 2.19. The first kappa shape index (κ1) is 20.0. The van der Waals surface area contributed by atoms with Crippen LogP contribution < -0.4 is 10.1 Å². The van der Waals surface area contributed by atoms with Crippen LogP contribution in [0.25, 0.3) is 10.9 Å². The molecular formula is C20H20Cl2N4O3. The Bertz CT molecular complexity index is 1030. The SMILES string of the molecule is CN1CCOC(COc2cc3ncnc(Nc4ccc(Cl)c(Cl)c4)c3cc2O)C1. The van der Waals surface area contributed by atoms with Gasteiger partial charge in [-0.05, 0) is 31.3 Å². The average Bonchev–Trinajstić information content (AvgIpc) is 2.70. The van der Waals surface area contributed by atoms with Gasteiger partial charge in [0.05, 0.1) is 22.2 Å². The number of anilines is 2. The third kappa shape index (κ3) is 4.64. The van der Waals surface area contributed by atoms with Gasteiger partial charge in [0.15, 0.2) is 11.5 Å². The Kier molecular flexibility index (Phi) is 5.91. The van der Waals surface area contributed by atoms with Gasteiger partial charge >= 0.3 is 0 Å². The fourth-order valence-corrected chi connectivity index (χ4v) is 3.45. The number of aromatic hydroxyl groups is 1. The zero-order chi connectivity index (χ0) is 20.4. The van der Waals surface area contributed by atoms with Gasteiger partial charge in [-0.15, -0.1) is 0 Å². The second kappa shape index (κ2) is 8.59. The molecule has 1 aliphatic heterocycles. The van der Waals surface area contributed by atoms with E-state index in [1.54, 1.807) is 30.3 Å². The van der Waals surface area contributed by atoms with Crippen LogP contribution in [-0.4, -0.2) is 59.4 Å². The van der Waals surface area contributed by atoms with E-state index >= 15 is 0 Å². The number of phenolic OH excluding ortho intramolecular Hbond substituents is 1. The van der Waals surface area contributed by atoms with Gasteiger partial charge in [-0.1, -0.05) is 23.2 Å². The van der Waals surface area contributed by atoms with Gasteiger partial charge in [0.1, 0.15) is 24.9 Å². The molecule has 1 aromatic heterocycles. The lowest BCUT2D eigenvalue weighted by molar-refractivity contribution is -0.0406. The summed E-state index contributed by atoms with van der Waals surface area (Å²) >= 11 is 12.0. The van der Waals surface area contributed by atoms with Gasteiger partial charge in [0.25, 0.3) is 0 Å². The van der Waals surface area contributed by atoms with E-state index in [9.17, 15) is 5.11 Å². The molecule has 152 valence electrons. The molecule has 1 aliphatic rings. The molecule has 4 rings (SSSR count). The summed E-state index contributed by atoms with van der Waals surface area (Å²) < 4.78 is 11.5. The Morgan fingerprint density at radius 1 is 1.24 bits per heavy atom. The topological polar surface area (TPSA) is 79.7 Å². The summed E-state index contributed by atoms with van der Waals surface area (Å²) in [5, 5.41) is 15.2. The van der Waals surface area contributed by atoms with E-state index in [1.807, 2.05) is 7.05 Å². The Morgan fingerprint density at radius 3 is 2.90 bits per heavy atom. The Balaban J connectivity index is 1.55. The molecule has 0 spiro atoms. The largest absolute Gasteiger partial charge is 0.504 e. The van der Waals surface area contributed by atoms with Crippen molar-refractivity contribution < 1.29 is 14.6 Å². The minimum atomic E-state index is -0.0406. The second-order valence-electron chi connectivity index (χ2n) is 6.88. The van der Waals surface area contributed by atoms with Crippen molar-refractivity contribution >= 4 is 45.6 Å². The van der Waals surface area contributed by atoms with E-state index in [1.165, 1.54) is 6.33 Å². The summed E-state index contributed by atoms with van der Waals surface area (Å²) in [7, 11) is 2.04. The second-order valence-corrected chi connectivity index (χ2v) is 7.69. The fraction of sp³-hybridized carbons (Fsp3) is 0.300. The molecule has 0 saturated carbocycles. The lowest BCUT2D eigenvalue weighted by Crippen LogP contribution is -2.42. The quantitative estimate of drug-likeness (QED) is 0.625. The number of hydrogen-bond donors (Lipinski definition) is 2. The molecule has 2 heterocycles. The van der Waals surface area contributed by atoms with Crippen molar-refractivity contribution in [3.63, 3.8) is 0 Å². The first-order chi connectivity index (χ1) is 14.0. The Morgan fingerprint density at radius 2 is 2.10 bits per heavy atom. The summed E-state index contributed by atoms with van der Waals surface area (Å²) in [4.78, 5) is 10.8. The number of ether oxygens (including phenoxy) is 2. The number of aromatic nitrogens is 2. The van der Waals surface area contributed by atoms with Crippen LogP contribution in [0.2, 0.25) is 10.0 Å². The summed E-state index contributed by atoms with van der Waals surface area (Å²) in [6.45, 7) is 2.71. The number of hydrogen-bond acceptors (Lipinski definition) is 7. The van der Waals surface area contributed by atoms with Gasteiger partial charge in [-0.3, -0.25) is 0 Å². The van der Waals surface area contributed by atoms with Crippen molar-refractivity contribution in [3.8, 4) is 11.5 Å². The van der Waals surface area contributed by atoms with Crippen LogP contribution in [-0.2, 0) is 4.74 Å². The molecule has 1 saturated heterocycles. The molecule has 29 heavy (non-hydrogen) atoms. The molecule has 7 nitrogen and oxygen atoms in total. The van der Waals surface area contributed by atoms with E-state index in [-0.39, 0.29) is 11.9 Å². The minimum absolute atomic E-state index is 0.00801. The van der Waals surface area contributed by atoms with Crippen molar-refractivity contribution in [2.75, 3.05) is 38.7 Å². The van der Waals surface area contributed by atoms with E-state index < -0.39 is 0 Å². The van der Waals surface area contributed by atoms with Gasteiger partial charge in [-0.25, -0.2) is 9.97 Å². The third-order valence-electron chi connectivity index (χ3n) is 4.66. The van der Waals surface area contributed by atoms with Crippen LogP contribution in [0.3, 0.4) is 0 Å². The number of rotatable bonds is 5. The zero-order valence-electron chi connectivity index (χ0n) is 15.7. The molecule has 0 radical (unpaired) electrons. The lowest BCUT2D eigenvalue weighted by Gasteiger charge is -2.29. The molecule has 1 atom stereocenters. The van der Waals surface area contributed by atoms with Gasteiger partial charge < -0.3 is 24.8 Å². The van der Waals surface area contributed by atoms with Crippen molar-refractivity contribution in [2.45, 2.75) is 6.10 Å². The highest BCUT2D eigenvalue weighted by atomic mass is 35.5. The molecule has 0 amide bonds. The summed E-state index contributed by atoms with van der Waals surface area (Å²) in [6.07, 6.45) is 1.41. The Hall–Kier alpha value is -2.32. The molecule has 1 unspecified atom stereocenters. The molecule has 2 aromatic carbocycles. The predicted octanol–water partition coefficient (Wildman–Crippen LogP) is 4.10. The monoisotopic (exact) mass is 434 g/mol. The van der Waals surface area contributed by atoms with Crippen LogP contribution >= 0.6 is 23.2 Å². The molecule has 1 fully saturated rings. The number of phenols is 1. The maximum absolute atomic E-state index is 10.5. The molecule has 0 aliphatic carbocycles. The maximum atomic E-state index is 10.5. The van der Waals surface area contributed by atoms with Gasteiger partial charge in [-0.2, -0.15) is 0 Å². The maximum Gasteiger partial charge on any atom is 0.163 e. The van der Waals surface area contributed by atoms with Crippen LogP contribution in [0.15, 0.2) is 36.7 Å². The van der Waals surface area contributed by atoms with Crippen molar-refractivity contribution in [1.29, 1.82) is 0 Å².